The van der Waals surface area contributed by atoms with E-state index in [4.69, 9.17) is 4.74 Å². The van der Waals surface area contributed by atoms with E-state index >= 15 is 0 Å². The Morgan fingerprint density at radius 3 is 2.33 bits per heavy atom. The van der Waals surface area contributed by atoms with Gasteiger partial charge in [0.25, 0.3) is 5.91 Å². The zero-order chi connectivity index (χ0) is 19.2. The quantitative estimate of drug-likeness (QED) is 0.583. The molecule has 0 fully saturated rings. The third kappa shape index (κ3) is 4.76. The first-order chi connectivity index (χ1) is 13.1. The normalized spacial score (nSPS) is 11.7. The highest BCUT2D eigenvalue weighted by Crippen LogP contribution is 2.26. The second kappa shape index (κ2) is 8.84. The SMILES string of the molecule is C[C@@H](Oc1ccc(-c2ccccc2)cc1)C(=O)Nc1cccc(Br)c1CO. The Bertz CT molecular complexity index is 911. The summed E-state index contributed by atoms with van der Waals surface area (Å²) in [6.45, 7) is 1.52. The molecule has 138 valence electrons. The molecule has 0 heterocycles. The molecule has 4 nitrogen and oxygen atoms in total. The van der Waals surface area contributed by atoms with Crippen molar-refractivity contribution >= 4 is 27.5 Å². The molecule has 0 aliphatic rings. The van der Waals surface area contributed by atoms with Gasteiger partial charge in [0, 0.05) is 15.7 Å². The number of carbonyl (C=O) groups is 1. The fraction of sp³-hybridized carbons (Fsp3) is 0.136. The third-order valence-electron chi connectivity index (χ3n) is 4.18. The lowest BCUT2D eigenvalue weighted by molar-refractivity contribution is -0.122. The van der Waals surface area contributed by atoms with Gasteiger partial charge in [-0.1, -0.05) is 64.5 Å². The summed E-state index contributed by atoms with van der Waals surface area (Å²) in [6.07, 6.45) is -0.682. The maximum Gasteiger partial charge on any atom is 0.265 e. The number of aliphatic hydroxyl groups excluding tert-OH is 1. The minimum Gasteiger partial charge on any atom is -0.481 e. The summed E-state index contributed by atoms with van der Waals surface area (Å²) in [5, 5.41) is 12.3. The maximum atomic E-state index is 12.5. The van der Waals surface area contributed by atoms with Gasteiger partial charge in [-0.2, -0.15) is 0 Å². The van der Waals surface area contributed by atoms with Crippen molar-refractivity contribution in [1.82, 2.24) is 0 Å². The first-order valence-corrected chi connectivity index (χ1v) is 9.39. The van der Waals surface area contributed by atoms with Crippen LogP contribution in [0, 0.1) is 0 Å². The van der Waals surface area contributed by atoms with E-state index in [1.54, 1.807) is 19.1 Å². The van der Waals surface area contributed by atoms with Gasteiger partial charge in [-0.15, -0.1) is 0 Å². The summed E-state index contributed by atoms with van der Waals surface area (Å²) in [4.78, 5) is 12.5. The van der Waals surface area contributed by atoms with Gasteiger partial charge in [0.05, 0.1) is 6.61 Å². The molecule has 3 aromatic carbocycles. The number of hydrogen-bond acceptors (Lipinski definition) is 3. The monoisotopic (exact) mass is 425 g/mol. The van der Waals surface area contributed by atoms with Crippen molar-refractivity contribution in [2.75, 3.05) is 5.32 Å². The lowest BCUT2D eigenvalue weighted by atomic mass is 10.1. The van der Waals surface area contributed by atoms with Crippen LogP contribution in [-0.2, 0) is 11.4 Å². The van der Waals surface area contributed by atoms with Gasteiger partial charge in [0.15, 0.2) is 6.10 Å². The lowest BCUT2D eigenvalue weighted by Crippen LogP contribution is -2.30. The number of rotatable bonds is 6. The Balaban J connectivity index is 1.66. The van der Waals surface area contributed by atoms with Crippen LogP contribution in [0.15, 0.2) is 77.3 Å². The summed E-state index contributed by atoms with van der Waals surface area (Å²) in [5.74, 6) is 0.337. The Kier molecular flexibility index (Phi) is 6.27. The largest absolute Gasteiger partial charge is 0.481 e. The van der Waals surface area contributed by atoms with Crippen molar-refractivity contribution in [2.45, 2.75) is 19.6 Å². The van der Waals surface area contributed by atoms with Crippen LogP contribution in [0.2, 0.25) is 0 Å². The van der Waals surface area contributed by atoms with E-state index in [1.165, 1.54) is 0 Å². The Morgan fingerprint density at radius 1 is 1.00 bits per heavy atom. The van der Waals surface area contributed by atoms with Crippen LogP contribution in [-0.4, -0.2) is 17.1 Å². The van der Waals surface area contributed by atoms with E-state index in [-0.39, 0.29) is 12.5 Å². The summed E-state index contributed by atoms with van der Waals surface area (Å²) < 4.78 is 6.50. The first kappa shape index (κ1) is 19.1. The predicted octanol–water partition coefficient (Wildman–Crippen LogP) is 5.01. The van der Waals surface area contributed by atoms with Crippen LogP contribution >= 0.6 is 15.9 Å². The van der Waals surface area contributed by atoms with Crippen molar-refractivity contribution in [3.05, 3.63) is 82.8 Å². The molecule has 5 heteroatoms. The highest BCUT2D eigenvalue weighted by Gasteiger charge is 2.17. The van der Waals surface area contributed by atoms with Crippen LogP contribution < -0.4 is 10.1 Å². The lowest BCUT2D eigenvalue weighted by Gasteiger charge is -2.17. The molecular weight excluding hydrogens is 406 g/mol. The van der Waals surface area contributed by atoms with Gasteiger partial charge in [-0.05, 0) is 42.3 Å². The molecule has 0 saturated heterocycles. The van der Waals surface area contributed by atoms with Gasteiger partial charge in [-0.25, -0.2) is 0 Å². The zero-order valence-corrected chi connectivity index (χ0v) is 16.4. The highest BCUT2D eigenvalue weighted by molar-refractivity contribution is 9.10. The number of carbonyl (C=O) groups excluding carboxylic acids is 1. The minimum absolute atomic E-state index is 0.173. The van der Waals surface area contributed by atoms with Gasteiger partial charge in [-0.3, -0.25) is 4.79 Å². The van der Waals surface area contributed by atoms with Gasteiger partial charge in [0.2, 0.25) is 0 Å². The molecular formula is C22H20BrNO3. The van der Waals surface area contributed by atoms with Crippen molar-refractivity contribution in [3.63, 3.8) is 0 Å². The Hall–Kier alpha value is -2.63. The topological polar surface area (TPSA) is 58.6 Å². The smallest absolute Gasteiger partial charge is 0.265 e. The van der Waals surface area contributed by atoms with Crippen LogP contribution in [0.1, 0.15) is 12.5 Å². The van der Waals surface area contributed by atoms with Crippen molar-refractivity contribution in [3.8, 4) is 16.9 Å². The summed E-state index contributed by atoms with van der Waals surface area (Å²) in [7, 11) is 0. The molecule has 0 bridgehead atoms. The standard InChI is InChI=1S/C22H20BrNO3/c1-15(22(26)24-21-9-5-8-20(23)19(21)14-25)27-18-12-10-17(11-13-18)16-6-3-2-4-7-16/h2-13,15,25H,14H2,1H3,(H,24,26)/t15-/m1/s1. The van der Waals surface area contributed by atoms with Crippen molar-refractivity contribution < 1.29 is 14.6 Å². The number of anilines is 1. The molecule has 3 aromatic rings. The predicted molar refractivity (Wildman–Crippen MR) is 111 cm³/mol. The summed E-state index contributed by atoms with van der Waals surface area (Å²) in [5.41, 5.74) is 3.40. The van der Waals surface area contributed by atoms with Gasteiger partial charge < -0.3 is 15.2 Å². The highest BCUT2D eigenvalue weighted by atomic mass is 79.9. The number of halogens is 1. The van der Waals surface area contributed by atoms with Crippen LogP contribution in [0.25, 0.3) is 11.1 Å². The molecule has 27 heavy (non-hydrogen) atoms. The molecule has 1 atom stereocenters. The van der Waals surface area contributed by atoms with E-state index in [0.717, 1.165) is 15.6 Å². The molecule has 2 N–H and O–H groups in total. The minimum atomic E-state index is -0.682. The maximum absolute atomic E-state index is 12.5. The number of hydrogen-bond donors (Lipinski definition) is 2. The third-order valence-corrected chi connectivity index (χ3v) is 4.92. The fourth-order valence-electron chi connectivity index (χ4n) is 2.69. The molecule has 0 unspecified atom stereocenters. The van der Waals surface area contributed by atoms with E-state index in [1.807, 2.05) is 60.7 Å². The molecule has 0 aliphatic carbocycles. The number of benzene rings is 3. The van der Waals surface area contributed by atoms with Crippen molar-refractivity contribution in [2.24, 2.45) is 0 Å². The number of nitrogens with one attached hydrogen (secondary N) is 1. The van der Waals surface area contributed by atoms with Crippen LogP contribution in [0.5, 0.6) is 5.75 Å². The van der Waals surface area contributed by atoms with E-state index in [2.05, 4.69) is 21.2 Å². The van der Waals surface area contributed by atoms with Gasteiger partial charge >= 0.3 is 0 Å². The Morgan fingerprint density at radius 2 is 1.67 bits per heavy atom. The molecule has 0 aliphatic heterocycles. The van der Waals surface area contributed by atoms with E-state index in [9.17, 15) is 9.90 Å². The van der Waals surface area contributed by atoms with Gasteiger partial charge in [0.1, 0.15) is 5.75 Å². The average Bonchev–Trinajstić information content (AvgIpc) is 2.69. The summed E-state index contributed by atoms with van der Waals surface area (Å²) in [6, 6.07) is 23.1. The second-order valence-electron chi connectivity index (χ2n) is 6.06. The molecule has 0 radical (unpaired) electrons. The molecule has 0 spiro atoms. The molecule has 0 saturated carbocycles. The molecule has 1 amide bonds. The number of ether oxygens (including phenoxy) is 1. The first-order valence-electron chi connectivity index (χ1n) is 8.59. The van der Waals surface area contributed by atoms with Crippen LogP contribution in [0.3, 0.4) is 0 Å². The fourth-order valence-corrected chi connectivity index (χ4v) is 3.18. The van der Waals surface area contributed by atoms with Crippen LogP contribution in [0.4, 0.5) is 5.69 Å². The second-order valence-corrected chi connectivity index (χ2v) is 6.92. The van der Waals surface area contributed by atoms with E-state index in [0.29, 0.717) is 17.0 Å². The number of amides is 1. The van der Waals surface area contributed by atoms with Crippen molar-refractivity contribution in [1.29, 1.82) is 0 Å². The average molecular weight is 426 g/mol. The summed E-state index contributed by atoms with van der Waals surface area (Å²) >= 11 is 3.37. The molecule has 0 aromatic heterocycles. The zero-order valence-electron chi connectivity index (χ0n) is 14.9. The van der Waals surface area contributed by atoms with E-state index < -0.39 is 6.10 Å². The Labute approximate surface area is 166 Å². The number of aliphatic hydroxyl groups is 1. The molecule has 3 rings (SSSR count).